The summed E-state index contributed by atoms with van der Waals surface area (Å²) in [6.45, 7) is 8.31. The van der Waals surface area contributed by atoms with Gasteiger partial charge >= 0.3 is 5.97 Å². The van der Waals surface area contributed by atoms with Crippen molar-refractivity contribution in [3.05, 3.63) is 11.6 Å². The topological polar surface area (TPSA) is 108 Å². The fourth-order valence-electron chi connectivity index (χ4n) is 7.72. The summed E-state index contributed by atoms with van der Waals surface area (Å²) in [5, 5.41) is 26.7. The molecule has 190 valence electrons. The quantitative estimate of drug-likeness (QED) is 0.477. The fraction of sp³-hybridized carbons (Fsp3) is 0.815. The van der Waals surface area contributed by atoms with Crippen LogP contribution in [0.4, 0.5) is 0 Å². The number of aliphatic hydroxyl groups excluding tert-OH is 1. The van der Waals surface area contributed by atoms with E-state index in [9.17, 15) is 19.8 Å². The molecule has 4 aliphatic carbocycles. The van der Waals surface area contributed by atoms with Crippen LogP contribution in [0.2, 0.25) is 0 Å². The Bertz CT molecular complexity index is 867. The van der Waals surface area contributed by atoms with E-state index in [4.69, 9.17) is 4.84 Å². The number of hydrogen-bond donors (Lipinski definition) is 3. The number of rotatable bonds is 7. The normalized spacial score (nSPS) is 39.0. The molecule has 0 saturated heterocycles. The zero-order valence-electron chi connectivity index (χ0n) is 21.2. The molecule has 0 bridgehead atoms. The van der Waals surface area contributed by atoms with Crippen molar-refractivity contribution in [2.45, 2.75) is 97.6 Å². The van der Waals surface area contributed by atoms with Gasteiger partial charge in [0, 0.05) is 0 Å². The van der Waals surface area contributed by atoms with Gasteiger partial charge < -0.3 is 20.4 Å². The van der Waals surface area contributed by atoms with E-state index in [1.54, 1.807) is 0 Å². The zero-order chi connectivity index (χ0) is 24.7. The molecule has 4 rings (SSSR count). The summed E-state index contributed by atoms with van der Waals surface area (Å²) in [5.41, 5.74) is 2.60. The number of aliphatic carboxylic acids is 1. The third-order valence-electron chi connectivity index (χ3n) is 9.65. The van der Waals surface area contributed by atoms with Gasteiger partial charge in [-0.2, -0.15) is 0 Å². The number of allylic oxidation sites excluding steroid dienone is 2. The van der Waals surface area contributed by atoms with Crippen LogP contribution < -0.4 is 5.32 Å². The number of nitrogens with one attached hydrogen (secondary N) is 1. The molecule has 3 saturated carbocycles. The zero-order valence-corrected chi connectivity index (χ0v) is 21.2. The van der Waals surface area contributed by atoms with Crippen molar-refractivity contribution in [1.82, 2.24) is 5.32 Å². The van der Waals surface area contributed by atoms with E-state index in [0.29, 0.717) is 24.2 Å². The summed E-state index contributed by atoms with van der Waals surface area (Å²) in [5.74, 6) is 0.674. The van der Waals surface area contributed by atoms with Crippen LogP contribution in [0.3, 0.4) is 0 Å². The third kappa shape index (κ3) is 4.65. The number of aliphatic hydroxyl groups is 1. The molecule has 3 N–H and O–H groups in total. The van der Waals surface area contributed by atoms with E-state index in [0.717, 1.165) is 44.2 Å². The Morgan fingerprint density at radius 2 is 1.91 bits per heavy atom. The predicted molar refractivity (Wildman–Crippen MR) is 130 cm³/mol. The molecule has 0 spiro atoms. The van der Waals surface area contributed by atoms with Crippen LogP contribution in [0.1, 0.15) is 85.5 Å². The van der Waals surface area contributed by atoms with Crippen LogP contribution in [0, 0.1) is 34.5 Å². The first-order valence-corrected chi connectivity index (χ1v) is 13.1. The maximum Gasteiger partial charge on any atom is 0.326 e. The van der Waals surface area contributed by atoms with Gasteiger partial charge in [0.15, 0.2) is 6.61 Å². The number of fused-ring (bicyclic) bond motifs is 5. The minimum Gasteiger partial charge on any atom is -0.480 e. The van der Waals surface area contributed by atoms with Crippen molar-refractivity contribution in [3.8, 4) is 0 Å². The number of carbonyl (C=O) groups is 2. The average Bonchev–Trinajstić information content (AvgIpc) is 3.07. The SMILES string of the molecule is CC(C)C[C@H](NC(=O)CO/N=C1/C=C2CC[C@H]3[C@H]4CC[C@H](O)[C@@]4(C)CC[C@H]3[C@@]2(C)CC1)C(=O)O. The molecule has 34 heavy (non-hydrogen) atoms. The lowest BCUT2D eigenvalue weighted by Gasteiger charge is -2.57. The Morgan fingerprint density at radius 1 is 1.15 bits per heavy atom. The van der Waals surface area contributed by atoms with E-state index in [1.165, 1.54) is 18.4 Å². The minimum atomic E-state index is -1.03. The second-order valence-corrected chi connectivity index (χ2v) is 12.1. The summed E-state index contributed by atoms with van der Waals surface area (Å²) < 4.78 is 0. The van der Waals surface area contributed by atoms with Crippen molar-refractivity contribution >= 4 is 17.6 Å². The van der Waals surface area contributed by atoms with Gasteiger partial charge in [0.2, 0.25) is 0 Å². The van der Waals surface area contributed by atoms with E-state index in [-0.39, 0.29) is 29.5 Å². The molecular formula is C27H42N2O5. The molecule has 4 aliphatic rings. The maximum absolute atomic E-state index is 12.2. The lowest BCUT2D eigenvalue weighted by atomic mass is 9.47. The van der Waals surface area contributed by atoms with Gasteiger partial charge in [-0.05, 0) is 98.4 Å². The maximum atomic E-state index is 12.2. The highest BCUT2D eigenvalue weighted by atomic mass is 16.6. The summed E-state index contributed by atoms with van der Waals surface area (Å²) in [7, 11) is 0. The molecular weight excluding hydrogens is 432 g/mol. The molecule has 0 heterocycles. The Balaban J connectivity index is 1.37. The highest BCUT2D eigenvalue weighted by molar-refractivity contribution is 5.96. The number of oxime groups is 1. The molecule has 0 radical (unpaired) electrons. The number of carboxylic acid groups (broad SMARTS) is 1. The first kappa shape index (κ1) is 25.2. The van der Waals surface area contributed by atoms with Crippen LogP contribution in [0.5, 0.6) is 0 Å². The number of carbonyl (C=O) groups excluding carboxylic acids is 1. The monoisotopic (exact) mass is 474 g/mol. The van der Waals surface area contributed by atoms with Gasteiger partial charge in [-0.3, -0.25) is 4.79 Å². The van der Waals surface area contributed by atoms with Crippen molar-refractivity contribution in [2.24, 2.45) is 39.7 Å². The first-order chi connectivity index (χ1) is 16.0. The molecule has 0 aromatic heterocycles. The number of amides is 1. The van der Waals surface area contributed by atoms with Crippen LogP contribution in [-0.2, 0) is 14.4 Å². The molecule has 0 aromatic rings. The minimum absolute atomic E-state index is 0.100. The molecule has 0 unspecified atom stereocenters. The van der Waals surface area contributed by atoms with Crippen molar-refractivity contribution in [2.75, 3.05) is 6.61 Å². The molecule has 0 aliphatic heterocycles. The largest absolute Gasteiger partial charge is 0.480 e. The number of nitrogens with zero attached hydrogens (tertiary/aromatic N) is 1. The van der Waals surface area contributed by atoms with Gasteiger partial charge in [0.25, 0.3) is 5.91 Å². The smallest absolute Gasteiger partial charge is 0.326 e. The molecule has 1 amide bonds. The van der Waals surface area contributed by atoms with Crippen LogP contribution in [-0.4, -0.2) is 46.6 Å². The summed E-state index contributed by atoms with van der Waals surface area (Å²) >= 11 is 0. The van der Waals surface area contributed by atoms with Crippen molar-refractivity contribution < 1.29 is 24.6 Å². The summed E-state index contributed by atoms with van der Waals surface area (Å²) in [4.78, 5) is 28.8. The van der Waals surface area contributed by atoms with E-state index in [2.05, 4.69) is 30.4 Å². The van der Waals surface area contributed by atoms with Crippen molar-refractivity contribution in [3.63, 3.8) is 0 Å². The lowest BCUT2D eigenvalue weighted by Crippen LogP contribution is -2.51. The second-order valence-electron chi connectivity index (χ2n) is 12.1. The highest BCUT2D eigenvalue weighted by Crippen LogP contribution is 2.65. The van der Waals surface area contributed by atoms with Crippen molar-refractivity contribution in [1.29, 1.82) is 0 Å². The Morgan fingerprint density at radius 3 is 2.62 bits per heavy atom. The first-order valence-electron chi connectivity index (χ1n) is 13.1. The average molecular weight is 475 g/mol. The summed E-state index contributed by atoms with van der Waals surface area (Å²) in [6, 6.07) is -0.908. The Labute approximate surface area is 203 Å². The molecule has 7 atom stereocenters. The van der Waals surface area contributed by atoms with Crippen LogP contribution >= 0.6 is 0 Å². The van der Waals surface area contributed by atoms with Gasteiger partial charge in [0.1, 0.15) is 6.04 Å². The fourth-order valence-corrected chi connectivity index (χ4v) is 7.72. The molecule has 0 aromatic carbocycles. The molecule has 7 nitrogen and oxygen atoms in total. The lowest BCUT2D eigenvalue weighted by molar-refractivity contribution is -0.143. The Kier molecular flexibility index (Phi) is 7.14. The summed E-state index contributed by atoms with van der Waals surface area (Å²) in [6.07, 6.45) is 11.0. The molecule has 3 fully saturated rings. The second kappa shape index (κ2) is 9.63. The third-order valence-corrected chi connectivity index (χ3v) is 9.65. The van der Waals surface area contributed by atoms with Gasteiger partial charge in [0.05, 0.1) is 11.8 Å². The number of carboxylic acids is 1. The predicted octanol–water partition coefficient (Wildman–Crippen LogP) is 4.30. The van der Waals surface area contributed by atoms with Gasteiger partial charge in [-0.15, -0.1) is 0 Å². The van der Waals surface area contributed by atoms with Crippen LogP contribution in [0.25, 0.3) is 0 Å². The number of hydrogen-bond acceptors (Lipinski definition) is 5. The molecule has 7 heteroatoms. The Hall–Kier alpha value is -1.89. The van der Waals surface area contributed by atoms with E-state index >= 15 is 0 Å². The van der Waals surface area contributed by atoms with Gasteiger partial charge in [-0.25, -0.2) is 4.79 Å². The van der Waals surface area contributed by atoms with Gasteiger partial charge in [-0.1, -0.05) is 38.4 Å². The van der Waals surface area contributed by atoms with E-state index < -0.39 is 17.9 Å². The standard InChI is InChI=1S/C27H42N2O5/c1-16(2)13-22(25(32)33)28-24(31)15-34-29-18-9-11-26(3)17(14-18)5-6-19-20-7-8-23(30)27(20,4)12-10-21(19)26/h14,16,19-23,30H,5-13,15H2,1-4H3,(H,28,31)(H,32,33)/b29-18+/t19-,20+,21+,22-,23-,26-,27-/m0/s1. The van der Waals surface area contributed by atoms with E-state index in [1.807, 2.05) is 13.8 Å². The highest BCUT2D eigenvalue weighted by Gasteiger charge is 2.58. The van der Waals surface area contributed by atoms with Crippen LogP contribution in [0.15, 0.2) is 16.8 Å².